The molecular formula is C10H18O3. The third kappa shape index (κ3) is 0.953. The monoisotopic (exact) mass is 186 g/mol. The molecule has 13 heavy (non-hydrogen) atoms. The van der Waals surface area contributed by atoms with Gasteiger partial charge in [0.1, 0.15) is 0 Å². The van der Waals surface area contributed by atoms with Gasteiger partial charge in [0.2, 0.25) is 0 Å². The highest BCUT2D eigenvalue weighted by molar-refractivity contribution is 5.19. The molecule has 2 aliphatic carbocycles. The molecule has 5 atom stereocenters. The van der Waals surface area contributed by atoms with Gasteiger partial charge >= 0.3 is 0 Å². The van der Waals surface area contributed by atoms with Gasteiger partial charge < -0.3 is 15.3 Å². The number of rotatable bonds is 2. The topological polar surface area (TPSA) is 60.7 Å². The zero-order chi connectivity index (χ0) is 9.80. The van der Waals surface area contributed by atoms with Crippen molar-refractivity contribution in [2.45, 2.75) is 32.5 Å². The summed E-state index contributed by atoms with van der Waals surface area (Å²) in [7, 11) is 0. The Balaban J connectivity index is 2.21. The maximum Gasteiger partial charge on any atom is 0.0864 e. The second-order valence-electron chi connectivity index (χ2n) is 4.86. The van der Waals surface area contributed by atoms with Gasteiger partial charge in [-0.3, -0.25) is 0 Å². The van der Waals surface area contributed by atoms with Crippen molar-refractivity contribution in [3.63, 3.8) is 0 Å². The van der Waals surface area contributed by atoms with Crippen molar-refractivity contribution in [3.05, 3.63) is 0 Å². The number of aliphatic hydroxyl groups is 3. The molecule has 0 spiro atoms. The van der Waals surface area contributed by atoms with Crippen molar-refractivity contribution >= 4 is 0 Å². The van der Waals surface area contributed by atoms with Crippen LogP contribution in [0.3, 0.4) is 0 Å². The van der Waals surface area contributed by atoms with Crippen LogP contribution in [0.4, 0.5) is 0 Å². The Hall–Kier alpha value is -0.120. The predicted octanol–water partition coefficient (Wildman–Crippen LogP) is -0.00740. The molecular weight excluding hydrogens is 168 g/mol. The highest BCUT2D eigenvalue weighted by Gasteiger charge is 2.71. The first-order valence-corrected chi connectivity index (χ1v) is 5.02. The van der Waals surface area contributed by atoms with Crippen LogP contribution in [0.5, 0.6) is 0 Å². The average molecular weight is 186 g/mol. The lowest BCUT2D eigenvalue weighted by molar-refractivity contribution is -0.0386. The zero-order valence-electron chi connectivity index (χ0n) is 8.14. The molecule has 0 heterocycles. The third-order valence-electron chi connectivity index (χ3n) is 4.22. The summed E-state index contributed by atoms with van der Waals surface area (Å²) in [6.45, 7) is 4.16. The van der Waals surface area contributed by atoms with Crippen LogP contribution in [0.2, 0.25) is 0 Å². The Morgan fingerprint density at radius 1 is 1.38 bits per heavy atom. The van der Waals surface area contributed by atoms with Crippen LogP contribution >= 0.6 is 0 Å². The third-order valence-corrected chi connectivity index (χ3v) is 4.22. The molecule has 2 rings (SSSR count). The zero-order valence-corrected chi connectivity index (χ0v) is 8.14. The summed E-state index contributed by atoms with van der Waals surface area (Å²) < 4.78 is 0. The van der Waals surface area contributed by atoms with Crippen LogP contribution in [0.25, 0.3) is 0 Å². The summed E-state index contributed by atoms with van der Waals surface area (Å²) in [6.07, 6.45) is -0.380. The van der Waals surface area contributed by atoms with Gasteiger partial charge in [0.25, 0.3) is 0 Å². The average Bonchev–Trinajstić information content (AvgIpc) is 2.76. The Bertz CT molecular complexity index is 216. The van der Waals surface area contributed by atoms with Crippen molar-refractivity contribution < 1.29 is 15.3 Å². The van der Waals surface area contributed by atoms with Crippen LogP contribution in [0.15, 0.2) is 0 Å². The summed E-state index contributed by atoms with van der Waals surface area (Å²) in [5.41, 5.74) is -0.0905. The molecule has 0 amide bonds. The fourth-order valence-electron chi connectivity index (χ4n) is 3.24. The van der Waals surface area contributed by atoms with E-state index < -0.39 is 12.2 Å². The molecule has 4 unspecified atom stereocenters. The predicted molar refractivity (Wildman–Crippen MR) is 48.0 cm³/mol. The van der Waals surface area contributed by atoms with E-state index in [0.717, 1.165) is 6.42 Å². The van der Waals surface area contributed by atoms with Gasteiger partial charge in [0.05, 0.1) is 12.2 Å². The fraction of sp³-hybridized carbons (Fsp3) is 1.00. The SMILES string of the molecule is CC(C)[C@]12CC1C(CO)C(O)C2O. The molecule has 3 N–H and O–H groups in total. The van der Waals surface area contributed by atoms with Crippen LogP contribution in [0.1, 0.15) is 20.3 Å². The molecule has 3 heteroatoms. The minimum atomic E-state index is -0.717. The van der Waals surface area contributed by atoms with E-state index in [1.54, 1.807) is 0 Å². The number of aliphatic hydroxyl groups excluding tert-OH is 3. The summed E-state index contributed by atoms with van der Waals surface area (Å²) in [5, 5.41) is 28.6. The van der Waals surface area contributed by atoms with Gasteiger partial charge in [-0.15, -0.1) is 0 Å². The summed E-state index contributed by atoms with van der Waals surface area (Å²) >= 11 is 0. The molecule has 0 radical (unpaired) electrons. The largest absolute Gasteiger partial charge is 0.396 e. The molecule has 2 aliphatic rings. The lowest BCUT2D eigenvalue weighted by atomic mass is 9.87. The maximum atomic E-state index is 9.87. The molecule has 0 aliphatic heterocycles. The molecule has 0 saturated heterocycles. The quantitative estimate of drug-likeness (QED) is 0.568. The Labute approximate surface area is 78.4 Å². The highest BCUT2D eigenvalue weighted by atomic mass is 16.3. The molecule has 2 fully saturated rings. The van der Waals surface area contributed by atoms with Crippen molar-refractivity contribution in [2.24, 2.45) is 23.2 Å². The Morgan fingerprint density at radius 3 is 2.31 bits per heavy atom. The number of hydrogen-bond acceptors (Lipinski definition) is 3. The Kier molecular flexibility index (Phi) is 1.95. The van der Waals surface area contributed by atoms with Crippen LogP contribution in [0, 0.1) is 23.2 Å². The number of fused-ring (bicyclic) bond motifs is 1. The molecule has 3 nitrogen and oxygen atoms in total. The first kappa shape index (κ1) is 9.44. The summed E-state index contributed by atoms with van der Waals surface area (Å²) in [6, 6.07) is 0. The van der Waals surface area contributed by atoms with Gasteiger partial charge in [-0.25, -0.2) is 0 Å². The fourth-order valence-corrected chi connectivity index (χ4v) is 3.24. The normalized spacial score (nSPS) is 54.0. The molecule has 0 bridgehead atoms. The molecule has 2 saturated carbocycles. The van der Waals surface area contributed by atoms with E-state index in [2.05, 4.69) is 13.8 Å². The summed E-state index contributed by atoms with van der Waals surface area (Å²) in [5.74, 6) is 0.624. The van der Waals surface area contributed by atoms with Crippen LogP contribution < -0.4 is 0 Å². The first-order chi connectivity index (χ1) is 6.05. The van der Waals surface area contributed by atoms with Gasteiger partial charge in [0, 0.05) is 17.9 Å². The van der Waals surface area contributed by atoms with Crippen LogP contribution in [-0.4, -0.2) is 34.1 Å². The van der Waals surface area contributed by atoms with Crippen molar-refractivity contribution in [3.8, 4) is 0 Å². The lowest BCUT2D eigenvalue weighted by Crippen LogP contribution is -2.36. The van der Waals surface area contributed by atoms with Crippen molar-refractivity contribution in [1.29, 1.82) is 0 Å². The van der Waals surface area contributed by atoms with Gasteiger partial charge in [-0.1, -0.05) is 13.8 Å². The summed E-state index contributed by atoms with van der Waals surface area (Å²) in [4.78, 5) is 0. The van der Waals surface area contributed by atoms with E-state index in [4.69, 9.17) is 5.11 Å². The minimum absolute atomic E-state index is 0.00262. The molecule has 0 aromatic rings. The maximum absolute atomic E-state index is 9.87. The first-order valence-electron chi connectivity index (χ1n) is 5.02. The molecule has 0 aromatic heterocycles. The second-order valence-corrected chi connectivity index (χ2v) is 4.86. The van der Waals surface area contributed by atoms with E-state index in [9.17, 15) is 10.2 Å². The van der Waals surface area contributed by atoms with E-state index in [1.807, 2.05) is 0 Å². The van der Waals surface area contributed by atoms with Crippen molar-refractivity contribution in [1.82, 2.24) is 0 Å². The van der Waals surface area contributed by atoms with Crippen LogP contribution in [-0.2, 0) is 0 Å². The standard InChI is InChI=1S/C10H18O3/c1-5(2)10-3-7(10)6(4-11)8(12)9(10)13/h5-9,11-13H,3-4H2,1-2H3/t6?,7?,8?,9?,10-/m1/s1. The van der Waals surface area contributed by atoms with Gasteiger partial charge in [-0.2, -0.15) is 0 Å². The van der Waals surface area contributed by atoms with Crippen molar-refractivity contribution in [2.75, 3.05) is 6.61 Å². The molecule has 76 valence electrons. The Morgan fingerprint density at radius 2 is 2.00 bits per heavy atom. The van der Waals surface area contributed by atoms with E-state index in [-0.39, 0.29) is 17.9 Å². The van der Waals surface area contributed by atoms with E-state index in [1.165, 1.54) is 0 Å². The lowest BCUT2D eigenvalue weighted by Gasteiger charge is -2.25. The second kappa shape index (κ2) is 2.69. The molecule has 0 aromatic carbocycles. The minimum Gasteiger partial charge on any atom is -0.396 e. The number of hydrogen-bond donors (Lipinski definition) is 3. The van der Waals surface area contributed by atoms with E-state index >= 15 is 0 Å². The smallest absolute Gasteiger partial charge is 0.0864 e. The highest BCUT2D eigenvalue weighted by Crippen LogP contribution is 2.69. The van der Waals surface area contributed by atoms with Gasteiger partial charge in [0.15, 0.2) is 0 Å². The van der Waals surface area contributed by atoms with E-state index in [0.29, 0.717) is 11.8 Å². The van der Waals surface area contributed by atoms with Gasteiger partial charge in [-0.05, 0) is 18.3 Å².